The number of fused-ring (bicyclic) bond motifs is 2. The SMILES string of the molecule is Cc1ccc2c(NC(=O)c3nc(N)c4sccc4n3)nc(Nc3cccc(CNS(C)(=O)=O)c3)cc2c1. The van der Waals surface area contributed by atoms with Crippen molar-refractivity contribution in [2.45, 2.75) is 13.5 Å². The van der Waals surface area contributed by atoms with Gasteiger partial charge >= 0.3 is 0 Å². The van der Waals surface area contributed by atoms with Crippen molar-refractivity contribution in [1.82, 2.24) is 19.7 Å². The van der Waals surface area contributed by atoms with Crippen LogP contribution in [0.5, 0.6) is 0 Å². The van der Waals surface area contributed by atoms with E-state index in [1.165, 1.54) is 11.3 Å². The van der Waals surface area contributed by atoms with Gasteiger partial charge in [-0.3, -0.25) is 4.79 Å². The summed E-state index contributed by atoms with van der Waals surface area (Å²) < 4.78 is 26.1. The average Bonchev–Trinajstić information content (AvgIpc) is 3.32. The maximum absolute atomic E-state index is 13.1. The number of hydrogen-bond acceptors (Lipinski definition) is 9. The van der Waals surface area contributed by atoms with Crippen molar-refractivity contribution in [3.05, 3.63) is 76.9 Å². The van der Waals surface area contributed by atoms with E-state index in [-0.39, 0.29) is 18.2 Å². The Hall–Kier alpha value is -4.13. The highest BCUT2D eigenvalue weighted by atomic mass is 32.2. The van der Waals surface area contributed by atoms with Crippen LogP contribution in [0.3, 0.4) is 0 Å². The number of nitrogen functional groups attached to an aromatic ring is 1. The minimum absolute atomic E-state index is 0.0464. The molecule has 5 aromatic rings. The van der Waals surface area contributed by atoms with E-state index in [9.17, 15) is 13.2 Å². The van der Waals surface area contributed by atoms with Gasteiger partial charge < -0.3 is 16.4 Å². The third-order valence-corrected chi connectivity index (χ3v) is 7.08. The van der Waals surface area contributed by atoms with Crippen LogP contribution in [-0.2, 0) is 16.6 Å². The van der Waals surface area contributed by atoms with E-state index in [4.69, 9.17) is 5.73 Å². The van der Waals surface area contributed by atoms with Gasteiger partial charge in [-0.05, 0) is 47.5 Å². The zero-order chi connectivity index (χ0) is 26.2. The molecule has 0 aliphatic carbocycles. The highest BCUT2D eigenvalue weighted by Gasteiger charge is 2.17. The van der Waals surface area contributed by atoms with E-state index in [1.54, 1.807) is 6.07 Å². The Balaban J connectivity index is 1.47. The fraction of sp³-hybridized carbons (Fsp3) is 0.120. The Labute approximate surface area is 217 Å². The number of nitrogens with one attached hydrogen (secondary N) is 3. The molecule has 0 saturated carbocycles. The fourth-order valence-electron chi connectivity index (χ4n) is 3.81. The number of amides is 1. The summed E-state index contributed by atoms with van der Waals surface area (Å²) in [5, 5.41) is 9.55. The maximum atomic E-state index is 13.1. The number of nitrogens with zero attached hydrogens (tertiary/aromatic N) is 3. The number of pyridine rings is 1. The minimum atomic E-state index is -3.31. The van der Waals surface area contributed by atoms with Crippen LogP contribution in [0, 0.1) is 6.92 Å². The molecular weight excluding hydrogens is 510 g/mol. The van der Waals surface area contributed by atoms with Gasteiger partial charge in [0.15, 0.2) is 0 Å². The molecule has 188 valence electrons. The fourth-order valence-corrected chi connectivity index (χ4v) is 4.97. The van der Waals surface area contributed by atoms with Crippen molar-refractivity contribution in [2.24, 2.45) is 0 Å². The lowest BCUT2D eigenvalue weighted by Gasteiger charge is -2.13. The third-order valence-electron chi connectivity index (χ3n) is 5.49. The number of aryl methyl sites for hydroxylation is 1. The number of thiophene rings is 1. The van der Waals surface area contributed by atoms with E-state index in [1.807, 2.05) is 60.8 Å². The number of carbonyl (C=O) groups excluding carboxylic acids is 1. The van der Waals surface area contributed by atoms with Crippen LogP contribution in [0.25, 0.3) is 21.0 Å². The van der Waals surface area contributed by atoms with Crippen LogP contribution in [0.2, 0.25) is 0 Å². The molecule has 0 fully saturated rings. The van der Waals surface area contributed by atoms with Crippen LogP contribution >= 0.6 is 11.3 Å². The molecule has 10 nitrogen and oxygen atoms in total. The predicted octanol–water partition coefficient (Wildman–Crippen LogP) is 4.18. The topological polar surface area (TPSA) is 152 Å². The van der Waals surface area contributed by atoms with E-state index in [2.05, 4.69) is 30.3 Å². The Morgan fingerprint density at radius 3 is 2.70 bits per heavy atom. The standard InChI is InChI=1S/C25H23N7O3S2/c1-14-6-7-18-16(10-14)12-20(28-17-5-3-4-15(11-17)13-27-37(2,34)35)30-23(18)32-25(33)24-29-19-8-9-36-21(19)22(26)31-24/h3-12,27H,13H2,1-2H3,(H2,26,29,31)(H2,28,30,32,33). The average molecular weight is 534 g/mol. The van der Waals surface area contributed by atoms with Crippen LogP contribution in [0.4, 0.5) is 23.1 Å². The molecule has 0 radical (unpaired) electrons. The summed E-state index contributed by atoms with van der Waals surface area (Å²) in [6.07, 6.45) is 1.11. The summed E-state index contributed by atoms with van der Waals surface area (Å²) >= 11 is 1.41. The van der Waals surface area contributed by atoms with Gasteiger partial charge in [0.25, 0.3) is 5.91 Å². The van der Waals surface area contributed by atoms with Gasteiger partial charge in [-0.15, -0.1) is 11.3 Å². The van der Waals surface area contributed by atoms with Gasteiger partial charge in [-0.25, -0.2) is 28.1 Å². The molecule has 3 aromatic heterocycles. The first kappa shape index (κ1) is 24.6. The van der Waals surface area contributed by atoms with E-state index in [0.29, 0.717) is 22.8 Å². The molecule has 0 aliphatic rings. The summed E-state index contributed by atoms with van der Waals surface area (Å²) in [4.78, 5) is 26.3. The number of nitrogens with two attached hydrogens (primary N) is 1. The zero-order valence-electron chi connectivity index (χ0n) is 19.9. The second-order valence-corrected chi connectivity index (χ2v) is 11.3. The Morgan fingerprint density at radius 2 is 1.89 bits per heavy atom. The van der Waals surface area contributed by atoms with Crippen molar-refractivity contribution in [2.75, 3.05) is 22.6 Å². The summed E-state index contributed by atoms with van der Waals surface area (Å²) in [6, 6.07) is 16.8. The molecule has 5 rings (SSSR count). The van der Waals surface area contributed by atoms with Gasteiger partial charge in [0.1, 0.15) is 17.5 Å². The molecule has 12 heteroatoms. The number of sulfonamides is 1. The van der Waals surface area contributed by atoms with Crippen LogP contribution < -0.4 is 21.1 Å². The number of rotatable bonds is 7. The van der Waals surface area contributed by atoms with Crippen LogP contribution in [0.15, 0.2) is 60.0 Å². The summed E-state index contributed by atoms with van der Waals surface area (Å²) in [5.41, 5.74) is 9.17. The molecular formula is C25H23N7O3S2. The van der Waals surface area contributed by atoms with Crippen LogP contribution in [-0.4, -0.2) is 35.5 Å². The number of benzene rings is 2. The van der Waals surface area contributed by atoms with Crippen molar-refractivity contribution >= 4 is 71.4 Å². The van der Waals surface area contributed by atoms with Gasteiger partial charge in [0.05, 0.1) is 16.5 Å². The normalized spacial score (nSPS) is 11.6. The Kier molecular flexibility index (Phi) is 6.46. The van der Waals surface area contributed by atoms with Gasteiger partial charge in [0.2, 0.25) is 15.8 Å². The number of anilines is 4. The first-order chi connectivity index (χ1) is 17.6. The highest BCUT2D eigenvalue weighted by Crippen LogP contribution is 2.29. The molecule has 0 atom stereocenters. The second-order valence-electron chi connectivity index (χ2n) is 8.52. The first-order valence-corrected chi connectivity index (χ1v) is 14.0. The monoisotopic (exact) mass is 533 g/mol. The smallest absolute Gasteiger partial charge is 0.294 e. The lowest BCUT2D eigenvalue weighted by atomic mass is 10.1. The lowest BCUT2D eigenvalue weighted by Crippen LogP contribution is -2.21. The quantitative estimate of drug-likeness (QED) is 0.243. The van der Waals surface area contributed by atoms with Gasteiger partial charge in [0, 0.05) is 17.6 Å². The van der Waals surface area contributed by atoms with Gasteiger partial charge in [-0.2, -0.15) is 0 Å². The summed E-state index contributed by atoms with van der Waals surface area (Å²) in [7, 11) is -3.31. The number of aromatic nitrogens is 3. The molecule has 0 bridgehead atoms. The molecule has 0 spiro atoms. The number of carbonyl (C=O) groups is 1. The predicted molar refractivity (Wildman–Crippen MR) is 148 cm³/mol. The molecule has 0 unspecified atom stereocenters. The second kappa shape index (κ2) is 9.73. The van der Waals surface area contributed by atoms with Crippen molar-refractivity contribution < 1.29 is 13.2 Å². The number of hydrogen-bond donors (Lipinski definition) is 4. The molecule has 2 aromatic carbocycles. The molecule has 1 amide bonds. The molecule has 0 aliphatic heterocycles. The van der Waals surface area contributed by atoms with Gasteiger partial charge in [-0.1, -0.05) is 35.9 Å². The maximum Gasteiger partial charge on any atom is 0.294 e. The molecule has 3 heterocycles. The molecule has 5 N–H and O–H groups in total. The highest BCUT2D eigenvalue weighted by molar-refractivity contribution is 7.88. The summed E-state index contributed by atoms with van der Waals surface area (Å²) in [6.45, 7) is 2.15. The minimum Gasteiger partial charge on any atom is -0.382 e. The van der Waals surface area contributed by atoms with E-state index in [0.717, 1.165) is 32.9 Å². The zero-order valence-corrected chi connectivity index (χ0v) is 21.6. The summed E-state index contributed by atoms with van der Waals surface area (Å²) in [5.74, 6) is 0.511. The van der Waals surface area contributed by atoms with E-state index < -0.39 is 15.9 Å². The van der Waals surface area contributed by atoms with Crippen molar-refractivity contribution in [3.63, 3.8) is 0 Å². The molecule has 37 heavy (non-hydrogen) atoms. The van der Waals surface area contributed by atoms with Crippen molar-refractivity contribution in [1.29, 1.82) is 0 Å². The Bertz CT molecular complexity index is 1770. The Morgan fingerprint density at radius 1 is 1.05 bits per heavy atom. The third kappa shape index (κ3) is 5.66. The van der Waals surface area contributed by atoms with Crippen molar-refractivity contribution in [3.8, 4) is 0 Å². The lowest BCUT2D eigenvalue weighted by molar-refractivity contribution is 0.101. The first-order valence-electron chi connectivity index (χ1n) is 11.2. The van der Waals surface area contributed by atoms with E-state index >= 15 is 0 Å². The molecule has 0 saturated heterocycles. The largest absolute Gasteiger partial charge is 0.382 e. The van der Waals surface area contributed by atoms with Crippen LogP contribution in [0.1, 0.15) is 21.7 Å².